The molecular formula is C15H26N4. The molecule has 1 N–H and O–H groups in total. The summed E-state index contributed by atoms with van der Waals surface area (Å²) in [5, 5.41) is 3.27. The summed E-state index contributed by atoms with van der Waals surface area (Å²) in [4.78, 5) is 9.68. The van der Waals surface area contributed by atoms with Gasteiger partial charge in [-0.2, -0.15) is 0 Å². The smallest absolute Gasteiger partial charge is 0.126 e. The second-order valence-corrected chi connectivity index (χ2v) is 5.45. The molecule has 1 aliphatic rings. The predicted molar refractivity (Wildman–Crippen MR) is 80.4 cm³/mol. The van der Waals surface area contributed by atoms with Crippen LogP contribution in [0.4, 0.5) is 5.82 Å². The number of rotatable bonds is 5. The van der Waals surface area contributed by atoms with Gasteiger partial charge in [0.2, 0.25) is 0 Å². The molecule has 1 aromatic heterocycles. The number of aromatic nitrogens is 1. The highest BCUT2D eigenvalue weighted by atomic mass is 15.3. The highest BCUT2D eigenvalue weighted by Crippen LogP contribution is 2.11. The lowest BCUT2D eigenvalue weighted by molar-refractivity contribution is 0.103. The van der Waals surface area contributed by atoms with E-state index in [1.807, 2.05) is 6.07 Å². The van der Waals surface area contributed by atoms with Crippen LogP contribution in [0.5, 0.6) is 0 Å². The highest BCUT2D eigenvalue weighted by Gasteiger charge is 2.18. The van der Waals surface area contributed by atoms with Crippen LogP contribution in [-0.4, -0.2) is 53.5 Å². The molecular weight excluding hydrogens is 236 g/mol. The zero-order chi connectivity index (χ0) is 13.7. The maximum absolute atomic E-state index is 4.64. The molecule has 1 fully saturated rings. The van der Waals surface area contributed by atoms with Crippen molar-refractivity contribution in [2.24, 2.45) is 0 Å². The molecule has 106 valence electrons. The fourth-order valence-electron chi connectivity index (χ4n) is 2.51. The summed E-state index contributed by atoms with van der Waals surface area (Å²) in [6, 6.07) is 6.90. The summed E-state index contributed by atoms with van der Waals surface area (Å²) in [6.07, 6.45) is 0. The molecule has 19 heavy (non-hydrogen) atoms. The van der Waals surface area contributed by atoms with E-state index in [0.29, 0.717) is 6.04 Å². The van der Waals surface area contributed by atoms with Crippen LogP contribution in [0, 0.1) is 0 Å². The van der Waals surface area contributed by atoms with Gasteiger partial charge in [-0.25, -0.2) is 4.98 Å². The van der Waals surface area contributed by atoms with Crippen LogP contribution < -0.4 is 5.32 Å². The number of nitrogens with zero attached hydrogens (tertiary/aromatic N) is 3. The van der Waals surface area contributed by atoms with Crippen molar-refractivity contribution >= 4 is 5.82 Å². The first kappa shape index (κ1) is 14.3. The van der Waals surface area contributed by atoms with Gasteiger partial charge in [0.05, 0.1) is 5.69 Å². The normalized spacial score (nSPS) is 17.9. The summed E-state index contributed by atoms with van der Waals surface area (Å²) in [5.74, 6) is 0.987. The van der Waals surface area contributed by atoms with Crippen molar-refractivity contribution in [1.29, 1.82) is 0 Å². The molecule has 0 unspecified atom stereocenters. The third kappa shape index (κ3) is 4.18. The summed E-state index contributed by atoms with van der Waals surface area (Å²) in [7, 11) is 0. The Hall–Kier alpha value is -1.13. The van der Waals surface area contributed by atoms with E-state index in [9.17, 15) is 0 Å². The lowest BCUT2D eigenvalue weighted by Crippen LogP contribution is -2.48. The number of piperazine rings is 1. The predicted octanol–water partition coefficient (Wildman–Crippen LogP) is 2.04. The SMILES string of the molecule is CCNc1cccc(CN2CCN(C(C)C)CC2)n1. The molecule has 2 rings (SSSR count). The molecule has 0 radical (unpaired) electrons. The summed E-state index contributed by atoms with van der Waals surface area (Å²) < 4.78 is 0. The second-order valence-electron chi connectivity index (χ2n) is 5.45. The van der Waals surface area contributed by atoms with Crippen LogP contribution in [0.3, 0.4) is 0 Å². The van der Waals surface area contributed by atoms with Crippen LogP contribution in [0.25, 0.3) is 0 Å². The van der Waals surface area contributed by atoms with Gasteiger partial charge in [-0.15, -0.1) is 0 Å². The molecule has 2 heterocycles. The molecule has 1 saturated heterocycles. The monoisotopic (exact) mass is 262 g/mol. The van der Waals surface area contributed by atoms with Gasteiger partial charge in [0.15, 0.2) is 0 Å². The quantitative estimate of drug-likeness (QED) is 0.880. The number of hydrogen-bond acceptors (Lipinski definition) is 4. The first-order valence-corrected chi connectivity index (χ1v) is 7.35. The van der Waals surface area contributed by atoms with Crippen molar-refractivity contribution in [3.63, 3.8) is 0 Å². The Balaban J connectivity index is 1.86. The molecule has 0 bridgehead atoms. The Morgan fingerprint density at radius 2 is 1.95 bits per heavy atom. The third-order valence-electron chi connectivity index (χ3n) is 3.69. The van der Waals surface area contributed by atoms with Crippen LogP contribution >= 0.6 is 0 Å². The number of nitrogens with one attached hydrogen (secondary N) is 1. The van der Waals surface area contributed by atoms with Crippen molar-refractivity contribution in [2.75, 3.05) is 38.0 Å². The van der Waals surface area contributed by atoms with Gasteiger partial charge in [0.25, 0.3) is 0 Å². The molecule has 0 atom stereocenters. The van der Waals surface area contributed by atoms with Gasteiger partial charge >= 0.3 is 0 Å². The van der Waals surface area contributed by atoms with E-state index < -0.39 is 0 Å². The molecule has 0 amide bonds. The molecule has 1 aliphatic heterocycles. The third-order valence-corrected chi connectivity index (χ3v) is 3.69. The first-order chi connectivity index (χ1) is 9.19. The number of hydrogen-bond donors (Lipinski definition) is 1. The van der Waals surface area contributed by atoms with Gasteiger partial charge in [0.1, 0.15) is 5.82 Å². The van der Waals surface area contributed by atoms with E-state index in [0.717, 1.165) is 37.7 Å². The van der Waals surface area contributed by atoms with Crippen LogP contribution in [-0.2, 0) is 6.54 Å². The number of anilines is 1. The zero-order valence-electron chi connectivity index (χ0n) is 12.4. The fourth-order valence-corrected chi connectivity index (χ4v) is 2.51. The molecule has 0 saturated carbocycles. The Morgan fingerprint density at radius 3 is 2.58 bits per heavy atom. The van der Waals surface area contributed by atoms with Crippen LogP contribution in [0.1, 0.15) is 26.5 Å². The van der Waals surface area contributed by atoms with Crippen LogP contribution in [0.2, 0.25) is 0 Å². The second kappa shape index (κ2) is 6.87. The highest BCUT2D eigenvalue weighted by molar-refractivity contribution is 5.34. The molecule has 4 nitrogen and oxygen atoms in total. The molecule has 0 aromatic carbocycles. The van der Waals surface area contributed by atoms with Crippen LogP contribution in [0.15, 0.2) is 18.2 Å². The summed E-state index contributed by atoms with van der Waals surface area (Å²) in [5.41, 5.74) is 1.16. The lowest BCUT2D eigenvalue weighted by atomic mass is 10.2. The Bertz CT molecular complexity index is 383. The maximum atomic E-state index is 4.64. The molecule has 4 heteroatoms. The lowest BCUT2D eigenvalue weighted by Gasteiger charge is -2.36. The largest absolute Gasteiger partial charge is 0.370 e. The average molecular weight is 262 g/mol. The maximum Gasteiger partial charge on any atom is 0.126 e. The fraction of sp³-hybridized carbons (Fsp3) is 0.667. The topological polar surface area (TPSA) is 31.4 Å². The molecule has 0 aliphatic carbocycles. The minimum Gasteiger partial charge on any atom is -0.370 e. The van der Waals surface area contributed by atoms with Gasteiger partial charge in [-0.1, -0.05) is 6.07 Å². The molecule has 1 aromatic rings. The van der Waals surface area contributed by atoms with E-state index >= 15 is 0 Å². The minimum absolute atomic E-state index is 0.664. The minimum atomic E-state index is 0.664. The number of pyridine rings is 1. The van der Waals surface area contributed by atoms with Gasteiger partial charge in [-0.3, -0.25) is 9.80 Å². The van der Waals surface area contributed by atoms with E-state index in [4.69, 9.17) is 0 Å². The Labute approximate surface area is 116 Å². The zero-order valence-corrected chi connectivity index (χ0v) is 12.4. The average Bonchev–Trinajstić information content (AvgIpc) is 2.40. The molecule has 0 spiro atoms. The van der Waals surface area contributed by atoms with Crippen molar-refractivity contribution in [3.05, 3.63) is 23.9 Å². The van der Waals surface area contributed by atoms with Crippen molar-refractivity contribution in [1.82, 2.24) is 14.8 Å². The van der Waals surface area contributed by atoms with Crippen molar-refractivity contribution in [3.8, 4) is 0 Å². The van der Waals surface area contributed by atoms with E-state index in [1.165, 1.54) is 13.1 Å². The summed E-state index contributed by atoms with van der Waals surface area (Å²) >= 11 is 0. The Kier molecular flexibility index (Phi) is 5.16. The van der Waals surface area contributed by atoms with E-state index in [2.05, 4.69) is 53.0 Å². The standard InChI is InChI=1S/C15H26N4/c1-4-16-15-7-5-6-14(17-15)12-18-8-10-19(11-9-18)13(2)3/h5-7,13H,4,8-12H2,1-3H3,(H,16,17). The first-order valence-electron chi connectivity index (χ1n) is 7.35. The Morgan fingerprint density at radius 1 is 1.21 bits per heavy atom. The van der Waals surface area contributed by atoms with Gasteiger partial charge < -0.3 is 5.32 Å². The van der Waals surface area contributed by atoms with Crippen molar-refractivity contribution in [2.45, 2.75) is 33.4 Å². The van der Waals surface area contributed by atoms with Crippen molar-refractivity contribution < 1.29 is 0 Å². The van der Waals surface area contributed by atoms with Gasteiger partial charge in [-0.05, 0) is 32.9 Å². The summed E-state index contributed by atoms with van der Waals surface area (Å²) in [6.45, 7) is 13.2. The van der Waals surface area contributed by atoms with E-state index in [1.54, 1.807) is 0 Å². The van der Waals surface area contributed by atoms with E-state index in [-0.39, 0.29) is 0 Å². The van der Waals surface area contributed by atoms with Gasteiger partial charge in [0, 0.05) is 45.3 Å².